The van der Waals surface area contributed by atoms with Gasteiger partial charge < -0.3 is 19.5 Å². The molecule has 0 saturated heterocycles. The van der Waals surface area contributed by atoms with Crippen LogP contribution in [0.4, 0.5) is 0 Å². The molecule has 22 heavy (non-hydrogen) atoms. The molecule has 6 heteroatoms. The summed E-state index contributed by atoms with van der Waals surface area (Å²) in [5, 5.41) is 8.54. The van der Waals surface area contributed by atoms with E-state index in [0.717, 1.165) is 12.8 Å². The van der Waals surface area contributed by atoms with Gasteiger partial charge >= 0.3 is 5.97 Å². The fourth-order valence-corrected chi connectivity index (χ4v) is 1.91. The van der Waals surface area contributed by atoms with E-state index in [0.29, 0.717) is 24.5 Å². The summed E-state index contributed by atoms with van der Waals surface area (Å²) >= 11 is 0. The van der Waals surface area contributed by atoms with Gasteiger partial charge in [0.15, 0.2) is 18.1 Å². The molecule has 1 aromatic rings. The summed E-state index contributed by atoms with van der Waals surface area (Å²) in [6.45, 7) is 0.541. The first-order valence-electron chi connectivity index (χ1n) is 7.26. The maximum atomic E-state index is 12.0. The highest BCUT2D eigenvalue weighted by molar-refractivity contribution is 5.77. The van der Waals surface area contributed by atoms with E-state index in [1.54, 1.807) is 31.2 Å². The number of amides is 1. The number of hydrogen-bond donors (Lipinski definition) is 1. The van der Waals surface area contributed by atoms with Crippen molar-refractivity contribution < 1.29 is 24.2 Å². The van der Waals surface area contributed by atoms with Crippen LogP contribution in [0.3, 0.4) is 0 Å². The van der Waals surface area contributed by atoms with Crippen molar-refractivity contribution in [1.29, 1.82) is 0 Å². The van der Waals surface area contributed by atoms with Gasteiger partial charge in [0.2, 0.25) is 0 Å². The number of ether oxygens (including phenoxy) is 2. The third kappa shape index (κ3) is 6.47. The molecule has 0 aliphatic heterocycles. The van der Waals surface area contributed by atoms with Crippen molar-refractivity contribution in [3.05, 3.63) is 24.3 Å². The number of benzene rings is 1. The summed E-state index contributed by atoms with van der Waals surface area (Å²) in [6, 6.07) is 7.16. The molecular weight excluding hydrogens is 286 g/mol. The molecule has 1 aromatic carbocycles. The lowest BCUT2D eigenvalue weighted by Gasteiger charge is -2.18. The number of aliphatic carboxylic acids is 1. The van der Waals surface area contributed by atoms with Crippen LogP contribution in [0.2, 0.25) is 0 Å². The highest BCUT2D eigenvalue weighted by atomic mass is 16.5. The summed E-state index contributed by atoms with van der Waals surface area (Å²) in [5.41, 5.74) is 0. The molecule has 0 bridgehead atoms. The van der Waals surface area contributed by atoms with Crippen molar-refractivity contribution in [2.45, 2.75) is 25.7 Å². The van der Waals surface area contributed by atoms with Gasteiger partial charge in [-0.1, -0.05) is 18.6 Å². The molecule has 0 aliphatic carbocycles. The second-order valence-corrected chi connectivity index (χ2v) is 4.96. The minimum atomic E-state index is -0.783. The average molecular weight is 309 g/mol. The summed E-state index contributed by atoms with van der Waals surface area (Å²) in [7, 11) is 3.26. The van der Waals surface area contributed by atoms with Gasteiger partial charge in [-0.3, -0.25) is 9.59 Å². The van der Waals surface area contributed by atoms with E-state index in [1.807, 2.05) is 12.1 Å². The van der Waals surface area contributed by atoms with Crippen molar-refractivity contribution in [2.75, 3.05) is 27.3 Å². The Bertz CT molecular complexity index is 489. The zero-order valence-electron chi connectivity index (χ0n) is 13.1. The van der Waals surface area contributed by atoms with Crippen molar-refractivity contribution >= 4 is 11.9 Å². The maximum absolute atomic E-state index is 12.0. The number of nitrogens with zero attached hydrogens (tertiary/aromatic N) is 1. The molecule has 0 atom stereocenters. The van der Waals surface area contributed by atoms with Crippen molar-refractivity contribution in [3.8, 4) is 11.5 Å². The fraction of sp³-hybridized carbons (Fsp3) is 0.500. The molecule has 0 radical (unpaired) electrons. The van der Waals surface area contributed by atoms with Crippen LogP contribution in [0.15, 0.2) is 24.3 Å². The lowest BCUT2D eigenvalue weighted by atomic mass is 10.2. The van der Waals surface area contributed by atoms with Crippen molar-refractivity contribution in [3.63, 3.8) is 0 Å². The Labute approximate surface area is 130 Å². The Balaban J connectivity index is 2.28. The van der Waals surface area contributed by atoms with Gasteiger partial charge in [-0.05, 0) is 25.0 Å². The molecule has 0 saturated carbocycles. The quantitative estimate of drug-likeness (QED) is 0.670. The maximum Gasteiger partial charge on any atom is 0.303 e. The van der Waals surface area contributed by atoms with Crippen LogP contribution in [0.1, 0.15) is 25.7 Å². The first kappa shape index (κ1) is 17.8. The molecule has 0 unspecified atom stereocenters. The Morgan fingerprint density at radius 1 is 1.14 bits per heavy atom. The van der Waals surface area contributed by atoms with Crippen LogP contribution >= 0.6 is 0 Å². The van der Waals surface area contributed by atoms with Crippen LogP contribution in [0.5, 0.6) is 11.5 Å². The Kier molecular flexibility index (Phi) is 7.81. The fourth-order valence-electron chi connectivity index (χ4n) is 1.91. The normalized spacial score (nSPS) is 10.1. The van der Waals surface area contributed by atoms with Gasteiger partial charge in [-0.15, -0.1) is 0 Å². The van der Waals surface area contributed by atoms with E-state index in [-0.39, 0.29) is 18.9 Å². The second kappa shape index (κ2) is 9.65. The zero-order valence-corrected chi connectivity index (χ0v) is 13.1. The molecule has 0 fully saturated rings. The van der Waals surface area contributed by atoms with Gasteiger partial charge in [0.05, 0.1) is 7.11 Å². The minimum Gasteiger partial charge on any atom is -0.493 e. The molecule has 0 aromatic heterocycles. The van der Waals surface area contributed by atoms with E-state index in [4.69, 9.17) is 14.6 Å². The number of carbonyl (C=O) groups is 2. The smallest absolute Gasteiger partial charge is 0.303 e. The molecule has 122 valence electrons. The van der Waals surface area contributed by atoms with Crippen molar-refractivity contribution in [1.82, 2.24) is 4.90 Å². The monoisotopic (exact) mass is 309 g/mol. The molecule has 0 spiro atoms. The predicted octanol–water partition coefficient (Wildman–Crippen LogP) is 2.18. The highest BCUT2D eigenvalue weighted by Gasteiger charge is 2.11. The van der Waals surface area contributed by atoms with Gasteiger partial charge in [-0.25, -0.2) is 0 Å². The average Bonchev–Trinajstić information content (AvgIpc) is 2.51. The SMILES string of the molecule is COc1ccccc1OCC(=O)N(C)CCCCCC(=O)O. The van der Waals surface area contributed by atoms with E-state index >= 15 is 0 Å². The number of rotatable bonds is 10. The summed E-state index contributed by atoms with van der Waals surface area (Å²) in [6.07, 6.45) is 2.38. The molecule has 6 nitrogen and oxygen atoms in total. The predicted molar refractivity (Wildman–Crippen MR) is 82.2 cm³/mol. The van der Waals surface area contributed by atoms with E-state index in [1.165, 1.54) is 0 Å². The van der Waals surface area contributed by atoms with Gasteiger partial charge in [-0.2, -0.15) is 0 Å². The van der Waals surface area contributed by atoms with Crippen LogP contribution in [0.25, 0.3) is 0 Å². The topological polar surface area (TPSA) is 76.1 Å². The first-order valence-corrected chi connectivity index (χ1v) is 7.26. The second-order valence-electron chi connectivity index (χ2n) is 4.96. The Hall–Kier alpha value is -2.24. The van der Waals surface area contributed by atoms with Crippen LogP contribution < -0.4 is 9.47 Å². The zero-order chi connectivity index (χ0) is 16.4. The lowest BCUT2D eigenvalue weighted by Crippen LogP contribution is -2.32. The minimum absolute atomic E-state index is 0.0496. The van der Waals surface area contributed by atoms with E-state index in [9.17, 15) is 9.59 Å². The summed E-state index contributed by atoms with van der Waals surface area (Å²) in [4.78, 5) is 23.9. The lowest BCUT2D eigenvalue weighted by molar-refractivity contribution is -0.137. The van der Waals surface area contributed by atoms with Gasteiger partial charge in [0.25, 0.3) is 5.91 Å². The van der Waals surface area contributed by atoms with Crippen LogP contribution in [0, 0.1) is 0 Å². The summed E-state index contributed by atoms with van der Waals surface area (Å²) < 4.78 is 10.6. The third-order valence-electron chi connectivity index (χ3n) is 3.23. The van der Waals surface area contributed by atoms with E-state index < -0.39 is 5.97 Å². The Morgan fingerprint density at radius 2 is 1.82 bits per heavy atom. The molecule has 0 heterocycles. The number of carbonyl (C=O) groups excluding carboxylic acids is 1. The standard InChI is InChI=1S/C16H23NO5/c1-17(11-7-3-4-10-16(19)20)15(18)12-22-14-9-6-5-8-13(14)21-2/h5-6,8-9H,3-4,7,10-12H2,1-2H3,(H,19,20). The van der Waals surface area contributed by atoms with Crippen molar-refractivity contribution in [2.24, 2.45) is 0 Å². The highest BCUT2D eigenvalue weighted by Crippen LogP contribution is 2.25. The number of para-hydroxylation sites is 2. The van der Waals surface area contributed by atoms with Gasteiger partial charge in [0.1, 0.15) is 0 Å². The largest absolute Gasteiger partial charge is 0.493 e. The first-order chi connectivity index (χ1) is 10.5. The number of likely N-dealkylation sites (N-methyl/N-ethyl adjacent to an activating group) is 1. The van der Waals surface area contributed by atoms with Crippen LogP contribution in [-0.2, 0) is 9.59 Å². The molecular formula is C16H23NO5. The number of methoxy groups -OCH3 is 1. The summed E-state index contributed by atoms with van der Waals surface area (Å²) in [5.74, 6) is 0.221. The number of carboxylic acids is 1. The number of carboxylic acid groups (broad SMARTS) is 1. The van der Waals surface area contributed by atoms with Gasteiger partial charge in [0, 0.05) is 20.0 Å². The molecule has 1 amide bonds. The molecule has 1 rings (SSSR count). The molecule has 0 aliphatic rings. The Morgan fingerprint density at radius 3 is 2.45 bits per heavy atom. The third-order valence-corrected chi connectivity index (χ3v) is 3.23. The number of unbranched alkanes of at least 4 members (excludes halogenated alkanes) is 2. The van der Waals surface area contributed by atoms with E-state index in [2.05, 4.69) is 0 Å². The molecule has 1 N–H and O–H groups in total. The number of hydrogen-bond acceptors (Lipinski definition) is 4. The van der Waals surface area contributed by atoms with Crippen LogP contribution in [-0.4, -0.2) is 49.2 Å².